The Morgan fingerprint density at radius 2 is 1.76 bits per heavy atom. The van der Waals surface area contributed by atoms with Gasteiger partial charge in [0, 0.05) is 23.5 Å². The van der Waals surface area contributed by atoms with Gasteiger partial charge in [0.05, 0.1) is 6.61 Å². The molecule has 0 bridgehead atoms. The van der Waals surface area contributed by atoms with Crippen LogP contribution >= 0.6 is 34.8 Å². The Labute approximate surface area is 237 Å². The van der Waals surface area contributed by atoms with E-state index < -0.39 is 9.58 Å². The van der Waals surface area contributed by atoms with E-state index in [1.165, 1.54) is 27.8 Å². The normalized spacial score (nSPS) is 14.0. The fourth-order valence-electron chi connectivity index (χ4n) is 4.78. The number of allylic oxidation sites excluding steroid dienone is 4. The van der Waals surface area contributed by atoms with Gasteiger partial charge in [-0.3, -0.25) is 9.59 Å². The Morgan fingerprint density at radius 3 is 2.47 bits per heavy atom. The maximum Gasteiger partial charge on any atom is 0.293 e. The van der Waals surface area contributed by atoms with E-state index in [4.69, 9.17) is 34.8 Å². The predicted octanol–water partition coefficient (Wildman–Crippen LogP) is 8.56. The van der Waals surface area contributed by atoms with Crippen LogP contribution in [-0.4, -0.2) is 27.1 Å². The molecule has 4 aromatic rings. The Balaban J connectivity index is 0.000000196. The minimum atomic E-state index is -1.93. The first-order valence-electron chi connectivity index (χ1n) is 12.5. The number of rotatable bonds is 3. The lowest BCUT2D eigenvalue weighted by Crippen LogP contribution is -2.18. The predicted molar refractivity (Wildman–Crippen MR) is 157 cm³/mol. The molecule has 7 heteroatoms. The van der Waals surface area contributed by atoms with Crippen LogP contribution in [0.2, 0.25) is 0 Å². The molecule has 4 nitrogen and oxygen atoms in total. The van der Waals surface area contributed by atoms with Gasteiger partial charge >= 0.3 is 0 Å². The molecule has 0 radical (unpaired) electrons. The van der Waals surface area contributed by atoms with Crippen LogP contribution in [0.3, 0.4) is 0 Å². The van der Waals surface area contributed by atoms with E-state index in [0.29, 0.717) is 18.6 Å². The first-order chi connectivity index (χ1) is 18.3. The number of halogens is 3. The lowest BCUT2D eigenvalue weighted by Gasteiger charge is -2.25. The summed E-state index contributed by atoms with van der Waals surface area (Å²) in [4.78, 5) is 21.5. The van der Waals surface area contributed by atoms with Crippen LogP contribution in [0.5, 0.6) is 0 Å². The number of nitrogens with zero attached hydrogens (tertiary/aromatic N) is 1. The maximum atomic E-state index is 12.3. The average Bonchev–Trinajstić information content (AvgIpc) is 3.42. The van der Waals surface area contributed by atoms with Gasteiger partial charge in [-0.2, -0.15) is 0 Å². The van der Waals surface area contributed by atoms with Gasteiger partial charge in [-0.15, -0.1) is 0 Å². The van der Waals surface area contributed by atoms with E-state index in [9.17, 15) is 9.59 Å². The van der Waals surface area contributed by atoms with Crippen molar-refractivity contribution in [3.8, 4) is 0 Å². The van der Waals surface area contributed by atoms with E-state index in [1.807, 2.05) is 42.7 Å². The van der Waals surface area contributed by atoms with Gasteiger partial charge in [0.2, 0.25) is 5.78 Å². The molecule has 196 valence electrons. The summed E-state index contributed by atoms with van der Waals surface area (Å²) >= 11 is 17.3. The van der Waals surface area contributed by atoms with Gasteiger partial charge in [-0.1, -0.05) is 82.9 Å². The second-order valence-electron chi connectivity index (χ2n) is 8.91. The fourth-order valence-corrected chi connectivity index (χ4v) is 5.11. The molecular formula is C31H28Cl3NO3. The largest absolute Gasteiger partial charge is 0.468 e. The van der Waals surface area contributed by atoms with Crippen LogP contribution in [0.4, 0.5) is 0 Å². The monoisotopic (exact) mass is 567 g/mol. The third-order valence-electron chi connectivity index (χ3n) is 6.57. The van der Waals surface area contributed by atoms with Gasteiger partial charge in [0.15, 0.2) is 0 Å². The molecule has 2 aliphatic carbocycles. The molecule has 2 aliphatic rings. The number of carbonyl (C=O) groups excluding carboxylic acids is 2. The number of carbonyl (C=O) groups is 2. The number of hydrogen-bond donors (Lipinski definition) is 0. The smallest absolute Gasteiger partial charge is 0.293 e. The number of benzene rings is 2. The molecule has 0 amide bonds. The summed E-state index contributed by atoms with van der Waals surface area (Å²) in [7, 11) is 0. The molecule has 0 spiro atoms. The highest BCUT2D eigenvalue weighted by Crippen LogP contribution is 2.40. The SMILES string of the molecule is CCOC=O.O=C(c1ccc2ccc3c(c2c1)CCC1=C3C=CCC1)C(Cl)(Cl)Cl.c1ccn2cccc2c1. The summed E-state index contributed by atoms with van der Waals surface area (Å²) in [5, 5.41) is 2.19. The molecule has 0 unspecified atom stereocenters. The van der Waals surface area contributed by atoms with Crippen LogP contribution in [0.25, 0.3) is 21.9 Å². The lowest BCUT2D eigenvalue weighted by atomic mass is 9.79. The lowest BCUT2D eigenvalue weighted by molar-refractivity contribution is -0.128. The zero-order chi connectivity index (χ0) is 27.1. The third kappa shape index (κ3) is 6.50. The molecular weight excluding hydrogens is 541 g/mol. The van der Waals surface area contributed by atoms with Crippen LogP contribution in [0, 0.1) is 0 Å². The summed E-state index contributed by atoms with van der Waals surface area (Å²) in [5.74, 6) is -0.486. The van der Waals surface area contributed by atoms with Crippen molar-refractivity contribution < 1.29 is 14.3 Å². The van der Waals surface area contributed by atoms with Crippen LogP contribution in [0.15, 0.2) is 90.8 Å². The van der Waals surface area contributed by atoms with Gasteiger partial charge in [-0.25, -0.2) is 0 Å². The van der Waals surface area contributed by atoms with E-state index in [1.54, 1.807) is 13.0 Å². The minimum Gasteiger partial charge on any atom is -0.468 e. The van der Waals surface area contributed by atoms with Crippen molar-refractivity contribution in [2.75, 3.05) is 6.61 Å². The van der Waals surface area contributed by atoms with Crippen LogP contribution < -0.4 is 0 Å². The summed E-state index contributed by atoms with van der Waals surface area (Å²) in [6.45, 7) is 2.66. The van der Waals surface area contributed by atoms with Crippen molar-refractivity contribution in [1.29, 1.82) is 0 Å². The Kier molecular flexibility index (Phi) is 9.32. The number of pyridine rings is 1. The van der Waals surface area contributed by atoms with Gasteiger partial charge in [0.25, 0.3) is 10.3 Å². The van der Waals surface area contributed by atoms with Crippen molar-refractivity contribution in [2.45, 2.75) is 36.4 Å². The molecule has 38 heavy (non-hydrogen) atoms. The number of ketones is 1. The highest BCUT2D eigenvalue weighted by molar-refractivity contribution is 6.77. The summed E-state index contributed by atoms with van der Waals surface area (Å²) in [5.41, 5.74) is 7.14. The quantitative estimate of drug-likeness (QED) is 0.141. The molecule has 0 saturated heterocycles. The van der Waals surface area contributed by atoms with Crippen molar-refractivity contribution in [3.05, 3.63) is 107 Å². The number of Topliss-reactive ketones (excluding diaryl/α,β-unsaturated/α-hetero) is 1. The Hall–Kier alpha value is -3.05. The number of aryl methyl sites for hydroxylation is 1. The molecule has 2 aromatic carbocycles. The van der Waals surface area contributed by atoms with Crippen molar-refractivity contribution in [2.24, 2.45) is 0 Å². The molecule has 2 heterocycles. The number of hydrogen-bond acceptors (Lipinski definition) is 3. The average molecular weight is 569 g/mol. The highest BCUT2D eigenvalue weighted by atomic mass is 35.6. The molecule has 0 atom stereocenters. The van der Waals surface area contributed by atoms with Crippen molar-refractivity contribution >= 4 is 68.9 Å². The zero-order valence-electron chi connectivity index (χ0n) is 21.0. The molecule has 0 fully saturated rings. The zero-order valence-corrected chi connectivity index (χ0v) is 23.3. The second-order valence-corrected chi connectivity index (χ2v) is 11.2. The Bertz CT molecular complexity index is 1480. The number of alkyl halides is 3. The summed E-state index contributed by atoms with van der Waals surface area (Å²) < 4.78 is 4.31. The molecule has 0 aliphatic heterocycles. The van der Waals surface area contributed by atoms with Gasteiger partial charge < -0.3 is 9.14 Å². The van der Waals surface area contributed by atoms with Gasteiger partial charge in [-0.05, 0) is 90.4 Å². The van der Waals surface area contributed by atoms with Crippen LogP contribution in [-0.2, 0) is 16.0 Å². The molecule has 0 N–H and O–H groups in total. The summed E-state index contributed by atoms with van der Waals surface area (Å²) in [6.07, 6.45) is 12.9. The van der Waals surface area contributed by atoms with E-state index in [-0.39, 0.29) is 0 Å². The van der Waals surface area contributed by atoms with Gasteiger partial charge in [0.1, 0.15) is 0 Å². The first kappa shape index (κ1) is 28.0. The third-order valence-corrected chi connectivity index (χ3v) is 7.08. The van der Waals surface area contributed by atoms with E-state index in [0.717, 1.165) is 36.5 Å². The second kappa shape index (κ2) is 12.7. The first-order valence-corrected chi connectivity index (χ1v) is 13.6. The summed E-state index contributed by atoms with van der Waals surface area (Å²) in [6, 6.07) is 20.1. The molecule has 6 rings (SSSR count). The minimum absolute atomic E-state index is 0.431. The number of ether oxygens (including phenoxy) is 1. The number of aromatic nitrogens is 1. The standard InChI is InChI=1S/C20H15Cl3O.C8H7N.C3H6O2/c21-20(22,23)19(24)14-6-5-13-8-9-16-15-4-2-1-3-12(15)7-10-17(16)18(13)11-14;1-2-6-9-7-3-5-8(9)4-1;1-2-5-3-4/h2,4-6,8-9,11H,1,3,7,10H2;1-7H;3H,2H2,1H3. The molecule has 0 saturated carbocycles. The van der Waals surface area contributed by atoms with Crippen molar-refractivity contribution in [3.63, 3.8) is 0 Å². The maximum absolute atomic E-state index is 12.3. The van der Waals surface area contributed by atoms with Crippen LogP contribution in [0.1, 0.15) is 47.7 Å². The fraction of sp³-hybridized carbons (Fsp3) is 0.226. The van der Waals surface area contributed by atoms with Crippen molar-refractivity contribution in [1.82, 2.24) is 4.40 Å². The van der Waals surface area contributed by atoms with E-state index in [2.05, 4.69) is 45.6 Å². The Morgan fingerprint density at radius 1 is 1.00 bits per heavy atom. The van der Waals surface area contributed by atoms with E-state index >= 15 is 0 Å². The highest BCUT2D eigenvalue weighted by Gasteiger charge is 2.32. The molecule has 2 aromatic heterocycles. The topological polar surface area (TPSA) is 47.8 Å². The number of fused-ring (bicyclic) bond motifs is 5.